The quantitative estimate of drug-likeness (QED) is 0.155. The lowest BCUT2D eigenvalue weighted by molar-refractivity contribution is 0.531. The van der Waals surface area contributed by atoms with Gasteiger partial charge in [0, 0.05) is 109 Å². The Morgan fingerprint density at radius 3 is 1.29 bits per heavy atom. The van der Waals surface area contributed by atoms with Gasteiger partial charge in [-0.25, -0.2) is 0 Å². The summed E-state index contributed by atoms with van der Waals surface area (Å²) >= 11 is 1.92. The zero-order valence-corrected chi connectivity index (χ0v) is 70.1. The standard InChI is InChI=1S/C102H106BN5OS/c1-95(2,3)62-33-41-80-72(51-62)73-52-63(96(4,5)6)34-42-81(73)106(80)67-37-39-77-84(57-67)108(94-69(61-49-90(100(16,17)18)105-91(50-61)101(19,20)21)29-27-30-71(94)79-55-66(99(13,14)15)56-92(104-79)102(22,23)24)85-47-60(59-32-45-87-76(46-59)70-28-25-26-31-86(70)109-87)48-89-93(85)103(77)78-40-38-68(58-88(78)110-89)107-82-43-35-64(97(7,8)9)53-74(82)75-54-65(98(10,11)12)36-44-83(75)107/h25-58H,1-24H3. The van der Waals surface area contributed by atoms with Crippen molar-refractivity contribution in [2.24, 2.45) is 0 Å². The molecule has 0 saturated carbocycles. The molecule has 2 aliphatic rings. The third-order valence-corrected chi connectivity index (χ3v) is 24.8. The summed E-state index contributed by atoms with van der Waals surface area (Å²) in [5.74, 6) is 0. The van der Waals surface area contributed by atoms with Crippen LogP contribution in [0.15, 0.2) is 220 Å². The van der Waals surface area contributed by atoms with Gasteiger partial charge in [0.2, 0.25) is 6.71 Å². The van der Waals surface area contributed by atoms with E-state index in [1.807, 2.05) is 11.8 Å². The molecular weight excluding hydrogens is 1350 g/mol. The third-order valence-electron chi connectivity index (χ3n) is 23.6. The Morgan fingerprint density at radius 1 is 0.309 bits per heavy atom. The predicted molar refractivity (Wildman–Crippen MR) is 474 cm³/mol. The molecule has 2 aliphatic heterocycles. The lowest BCUT2D eigenvalue weighted by Gasteiger charge is -2.42. The van der Waals surface area contributed by atoms with Crippen LogP contribution < -0.4 is 21.3 Å². The minimum atomic E-state index is -0.270. The number of pyridine rings is 2. The highest BCUT2D eigenvalue weighted by atomic mass is 32.2. The fraction of sp³-hybridized carbons (Fsp3) is 0.314. The molecule has 110 heavy (non-hydrogen) atoms. The van der Waals surface area contributed by atoms with Crippen LogP contribution >= 0.6 is 11.8 Å². The van der Waals surface area contributed by atoms with Gasteiger partial charge in [-0.15, -0.1) is 0 Å². The van der Waals surface area contributed by atoms with E-state index in [1.54, 1.807) is 0 Å². The maximum absolute atomic E-state index is 6.63. The number of hydrogen-bond donors (Lipinski definition) is 0. The van der Waals surface area contributed by atoms with E-state index in [4.69, 9.17) is 14.4 Å². The molecule has 0 N–H and O–H groups in total. The molecule has 7 heterocycles. The van der Waals surface area contributed by atoms with Gasteiger partial charge < -0.3 is 18.5 Å². The first kappa shape index (κ1) is 72.9. The Balaban J connectivity index is 1.02. The third kappa shape index (κ3) is 12.3. The topological polar surface area (TPSA) is 52.0 Å². The molecule has 0 saturated heterocycles. The van der Waals surface area contributed by atoms with Crippen LogP contribution in [-0.4, -0.2) is 25.8 Å². The molecule has 0 atom stereocenters. The number of fused-ring (bicyclic) bond motifs is 13. The highest BCUT2D eigenvalue weighted by Crippen LogP contribution is 2.53. The number of para-hydroxylation sites is 2. The highest BCUT2D eigenvalue weighted by Gasteiger charge is 2.44. The molecular formula is C102H106BN5OS. The van der Waals surface area contributed by atoms with E-state index in [9.17, 15) is 0 Å². The van der Waals surface area contributed by atoms with Crippen LogP contribution in [0.3, 0.4) is 0 Å². The van der Waals surface area contributed by atoms with Gasteiger partial charge in [0.25, 0.3) is 0 Å². The molecule has 0 fully saturated rings. The summed E-state index contributed by atoms with van der Waals surface area (Å²) in [6, 6.07) is 80.7. The maximum Gasteiger partial charge on any atom is 0.249 e. The molecule has 554 valence electrons. The van der Waals surface area contributed by atoms with Crippen LogP contribution in [0.25, 0.3) is 110 Å². The predicted octanol–water partition coefficient (Wildman–Crippen LogP) is 26.7. The van der Waals surface area contributed by atoms with Gasteiger partial charge in [-0.2, -0.15) is 0 Å². The molecule has 6 nitrogen and oxygen atoms in total. The summed E-state index contributed by atoms with van der Waals surface area (Å²) in [6.07, 6.45) is 0. The smallest absolute Gasteiger partial charge is 0.249 e. The van der Waals surface area contributed by atoms with Gasteiger partial charge in [0.1, 0.15) is 11.2 Å². The summed E-state index contributed by atoms with van der Waals surface area (Å²) in [5, 5.41) is 7.27. The van der Waals surface area contributed by atoms with Crippen molar-refractivity contribution in [3.05, 3.63) is 251 Å². The van der Waals surface area contributed by atoms with E-state index in [-0.39, 0.29) is 50.0 Å². The monoisotopic (exact) mass is 1460 g/mol. The summed E-state index contributed by atoms with van der Waals surface area (Å²) in [7, 11) is 0. The molecule has 5 aromatic heterocycles. The summed E-state index contributed by atoms with van der Waals surface area (Å²) in [5.41, 5.74) is 30.8. The second-order valence-electron chi connectivity index (χ2n) is 40.1. The molecule has 0 aliphatic carbocycles. The fourth-order valence-corrected chi connectivity index (χ4v) is 18.2. The molecule has 0 spiro atoms. The molecule has 0 radical (unpaired) electrons. The van der Waals surface area contributed by atoms with Crippen LogP contribution in [0.2, 0.25) is 0 Å². The van der Waals surface area contributed by atoms with Crippen molar-refractivity contribution in [1.82, 2.24) is 19.1 Å². The maximum atomic E-state index is 6.63. The van der Waals surface area contributed by atoms with Crippen LogP contribution in [0.4, 0.5) is 17.1 Å². The normalized spacial score (nSPS) is 13.9. The number of rotatable bonds is 6. The minimum Gasteiger partial charge on any atom is -0.456 e. The van der Waals surface area contributed by atoms with E-state index in [0.717, 1.165) is 101 Å². The van der Waals surface area contributed by atoms with Crippen molar-refractivity contribution in [1.29, 1.82) is 0 Å². The molecule has 0 unspecified atom stereocenters. The second-order valence-corrected chi connectivity index (χ2v) is 41.2. The Hall–Kier alpha value is -9.89. The number of hydrogen-bond acceptors (Lipinski definition) is 5. The summed E-state index contributed by atoms with van der Waals surface area (Å²) in [6.45, 7) is 55.6. The van der Waals surface area contributed by atoms with Gasteiger partial charge in [-0.05, 0) is 210 Å². The largest absolute Gasteiger partial charge is 0.456 e. The minimum absolute atomic E-state index is 0.0312. The van der Waals surface area contributed by atoms with E-state index in [1.165, 1.54) is 97.6 Å². The fourth-order valence-electron chi connectivity index (χ4n) is 16.9. The van der Waals surface area contributed by atoms with Crippen molar-refractivity contribution in [3.63, 3.8) is 0 Å². The van der Waals surface area contributed by atoms with Crippen molar-refractivity contribution >= 4 is 117 Å². The Bertz CT molecular complexity index is 6050. The Morgan fingerprint density at radius 2 is 0.782 bits per heavy atom. The van der Waals surface area contributed by atoms with Gasteiger partial charge in [-0.1, -0.05) is 262 Å². The van der Waals surface area contributed by atoms with Crippen LogP contribution in [0, 0.1) is 0 Å². The average molecular weight is 1460 g/mol. The zero-order valence-electron chi connectivity index (χ0n) is 69.3. The SMILES string of the molecule is CC(C)(C)c1cc(-c2cccc(-c3cc(C(C)(C)C)nc(C(C)(C)C)c3)c2N2c3cc(-n4c5ccc(C(C)(C)C)cc5c5cc(C(C)(C)C)ccc54)ccc3B3c4ccc(-n5c6ccc(C(C)(C)C)cc6c6cc(C(C)(C)C)ccc65)cc4Sc4cc(-c5ccc6oc7ccccc7c6c5)cc2c43)nc(C(C)(C)C)c1. The van der Waals surface area contributed by atoms with Gasteiger partial charge in [0.05, 0.1) is 33.4 Å². The summed E-state index contributed by atoms with van der Waals surface area (Å²) in [4.78, 5) is 16.7. The second kappa shape index (κ2) is 24.8. The van der Waals surface area contributed by atoms with Crippen molar-refractivity contribution < 1.29 is 4.42 Å². The van der Waals surface area contributed by atoms with E-state index in [0.29, 0.717) is 0 Å². The molecule has 0 amide bonds. The van der Waals surface area contributed by atoms with E-state index in [2.05, 4.69) is 386 Å². The highest BCUT2D eigenvalue weighted by molar-refractivity contribution is 8.00. The Labute approximate surface area is 656 Å². The molecule has 0 bridgehead atoms. The van der Waals surface area contributed by atoms with E-state index >= 15 is 0 Å². The zero-order chi connectivity index (χ0) is 78.0. The van der Waals surface area contributed by atoms with Crippen molar-refractivity contribution in [3.8, 4) is 44.9 Å². The van der Waals surface area contributed by atoms with Gasteiger partial charge in [0.15, 0.2) is 0 Å². The molecule has 15 aromatic rings. The first-order valence-corrected chi connectivity index (χ1v) is 40.6. The lowest BCUT2D eigenvalue weighted by atomic mass is 9.34. The number of anilines is 3. The Kier molecular flexibility index (Phi) is 16.5. The van der Waals surface area contributed by atoms with Crippen LogP contribution in [-0.2, 0) is 43.3 Å². The van der Waals surface area contributed by atoms with Crippen molar-refractivity contribution in [2.45, 2.75) is 219 Å². The van der Waals surface area contributed by atoms with Gasteiger partial charge >= 0.3 is 0 Å². The molecule has 10 aromatic carbocycles. The number of aromatic nitrogens is 4. The van der Waals surface area contributed by atoms with Crippen molar-refractivity contribution in [2.75, 3.05) is 4.90 Å². The van der Waals surface area contributed by atoms with Gasteiger partial charge in [-0.3, -0.25) is 9.97 Å². The first-order valence-electron chi connectivity index (χ1n) is 39.8. The van der Waals surface area contributed by atoms with E-state index < -0.39 is 0 Å². The van der Waals surface area contributed by atoms with Crippen LogP contribution in [0.5, 0.6) is 0 Å². The number of nitrogens with zero attached hydrogens (tertiary/aromatic N) is 5. The summed E-state index contributed by atoms with van der Waals surface area (Å²) < 4.78 is 11.7. The number of benzene rings is 10. The first-order chi connectivity index (χ1) is 51.5. The van der Waals surface area contributed by atoms with Crippen LogP contribution in [0.1, 0.15) is 211 Å². The molecule has 17 rings (SSSR count). The number of furan rings is 1. The average Bonchev–Trinajstić information content (AvgIpc) is 0.995. The molecule has 8 heteroatoms. The lowest BCUT2D eigenvalue weighted by Crippen LogP contribution is -2.60.